The predicted octanol–water partition coefficient (Wildman–Crippen LogP) is 5.48. The van der Waals surface area contributed by atoms with Gasteiger partial charge < -0.3 is 15.4 Å². The number of halogens is 2. The lowest BCUT2D eigenvalue weighted by Crippen LogP contribution is -2.36. The molecule has 3 aromatic carbocycles. The minimum absolute atomic E-state index is 0.0547. The number of hydrogen-bond donors (Lipinski definition) is 3. The average molecular weight is 525 g/mol. The molecule has 0 aliphatic carbocycles. The van der Waals surface area contributed by atoms with Crippen molar-refractivity contribution in [2.75, 3.05) is 23.2 Å². The maximum Gasteiger partial charge on any atom is 0.328 e. The van der Waals surface area contributed by atoms with Gasteiger partial charge in [0.25, 0.3) is 5.91 Å². The monoisotopic (exact) mass is 524 g/mol. The van der Waals surface area contributed by atoms with Crippen molar-refractivity contribution in [3.8, 4) is 5.75 Å². The fourth-order valence-corrected chi connectivity index (χ4v) is 4.19. The summed E-state index contributed by atoms with van der Waals surface area (Å²) in [5.74, 6) is -2.04. The molecular weight excluding hydrogens is 503 g/mol. The van der Waals surface area contributed by atoms with Crippen molar-refractivity contribution < 1.29 is 19.1 Å². The molecule has 0 fully saturated rings. The van der Waals surface area contributed by atoms with Crippen molar-refractivity contribution in [2.45, 2.75) is 13.3 Å². The first-order chi connectivity index (χ1) is 17.3. The molecule has 1 aromatic heterocycles. The maximum atomic E-state index is 13.2. The van der Waals surface area contributed by atoms with Crippen molar-refractivity contribution in [3.05, 3.63) is 88.0 Å². The molecule has 3 N–H and O–H groups in total. The van der Waals surface area contributed by atoms with Crippen LogP contribution in [0.1, 0.15) is 23.0 Å². The van der Waals surface area contributed by atoms with Gasteiger partial charge in [0.15, 0.2) is 0 Å². The number of rotatable bonds is 6. The first-order valence-electron chi connectivity index (χ1n) is 11.0. The van der Waals surface area contributed by atoms with Crippen LogP contribution in [0.25, 0.3) is 10.9 Å². The molecule has 0 atom stereocenters. The Morgan fingerprint density at radius 3 is 2.19 bits per heavy atom. The summed E-state index contributed by atoms with van der Waals surface area (Å²) >= 11 is 12.1. The third-order valence-corrected chi connectivity index (χ3v) is 5.84. The fraction of sp³-hybridized carbons (Fsp3) is 0.115. The number of ether oxygens (including phenoxy) is 1. The molecule has 4 rings (SSSR count). The van der Waals surface area contributed by atoms with Gasteiger partial charge in [-0.3, -0.25) is 19.8 Å². The average Bonchev–Trinajstić information content (AvgIpc) is 3.22. The smallest absolute Gasteiger partial charge is 0.328 e. The molecule has 36 heavy (non-hydrogen) atoms. The Balaban J connectivity index is 1.65. The van der Waals surface area contributed by atoms with Gasteiger partial charge in [-0.25, -0.2) is 4.68 Å². The van der Waals surface area contributed by atoms with E-state index in [1.165, 1.54) is 30.0 Å². The van der Waals surface area contributed by atoms with Gasteiger partial charge in [0.1, 0.15) is 17.0 Å². The van der Waals surface area contributed by atoms with Crippen LogP contribution in [0.2, 0.25) is 10.0 Å². The molecule has 0 saturated carbocycles. The molecule has 184 valence electrons. The summed E-state index contributed by atoms with van der Waals surface area (Å²) in [7, 11) is 1.47. The van der Waals surface area contributed by atoms with E-state index < -0.39 is 17.7 Å². The van der Waals surface area contributed by atoms with E-state index in [0.29, 0.717) is 38.1 Å². The molecule has 0 saturated heterocycles. The molecule has 0 bridgehead atoms. The third kappa shape index (κ3) is 5.45. The van der Waals surface area contributed by atoms with E-state index in [1.807, 2.05) is 19.1 Å². The van der Waals surface area contributed by atoms with Gasteiger partial charge in [-0.2, -0.15) is 0 Å². The van der Waals surface area contributed by atoms with Crippen LogP contribution in [0, 0.1) is 0 Å². The zero-order chi connectivity index (χ0) is 25.8. The quantitative estimate of drug-likeness (QED) is 0.290. The number of hydrogen-bond acceptors (Lipinski definition) is 4. The van der Waals surface area contributed by atoms with Crippen molar-refractivity contribution in [1.82, 2.24) is 4.68 Å². The number of methoxy groups -OCH3 is 1. The van der Waals surface area contributed by atoms with Crippen LogP contribution in [0.3, 0.4) is 0 Å². The number of nitrogens with zero attached hydrogens (tertiary/aromatic N) is 1. The predicted molar refractivity (Wildman–Crippen MR) is 142 cm³/mol. The largest absolute Gasteiger partial charge is 0.494 e. The zero-order valence-electron chi connectivity index (χ0n) is 19.4. The van der Waals surface area contributed by atoms with Crippen molar-refractivity contribution in [3.63, 3.8) is 0 Å². The molecule has 0 radical (unpaired) electrons. The number of aromatic nitrogens is 1. The Morgan fingerprint density at radius 1 is 0.861 bits per heavy atom. The highest BCUT2D eigenvalue weighted by Gasteiger charge is 2.23. The molecule has 0 unspecified atom stereocenters. The van der Waals surface area contributed by atoms with E-state index in [-0.39, 0.29) is 5.69 Å². The normalized spacial score (nSPS) is 10.7. The molecule has 3 amide bonds. The van der Waals surface area contributed by atoms with Crippen LogP contribution in [0.5, 0.6) is 5.75 Å². The summed E-state index contributed by atoms with van der Waals surface area (Å²) in [4.78, 5) is 38.7. The van der Waals surface area contributed by atoms with Crippen LogP contribution >= 0.6 is 23.2 Å². The highest BCUT2D eigenvalue weighted by atomic mass is 35.5. The SMILES string of the molecule is CCc1ccc(NC(=O)C(=O)Nn2c(C(=O)Nc3cc(Cl)cc(Cl)c3)cc3cccc(OC)c32)cc1. The number of anilines is 2. The molecule has 8 nitrogen and oxygen atoms in total. The molecular formula is C26H22Cl2N4O4. The number of carbonyl (C=O) groups is 3. The van der Waals surface area contributed by atoms with Gasteiger partial charge in [-0.15, -0.1) is 0 Å². The lowest BCUT2D eigenvalue weighted by atomic mass is 10.1. The second-order valence-electron chi connectivity index (χ2n) is 7.82. The number of benzene rings is 3. The summed E-state index contributed by atoms with van der Waals surface area (Å²) in [6.07, 6.45) is 0.851. The molecule has 0 aliphatic rings. The van der Waals surface area contributed by atoms with Crippen LogP contribution < -0.4 is 20.8 Å². The van der Waals surface area contributed by atoms with E-state index in [4.69, 9.17) is 27.9 Å². The second-order valence-corrected chi connectivity index (χ2v) is 8.69. The van der Waals surface area contributed by atoms with Crippen LogP contribution in [-0.2, 0) is 16.0 Å². The Labute approximate surface area is 217 Å². The minimum Gasteiger partial charge on any atom is -0.494 e. The van der Waals surface area contributed by atoms with Gasteiger partial charge in [0, 0.05) is 26.8 Å². The molecule has 10 heteroatoms. The number of nitrogens with one attached hydrogen (secondary N) is 3. The second kappa shape index (κ2) is 10.7. The highest BCUT2D eigenvalue weighted by Crippen LogP contribution is 2.29. The van der Waals surface area contributed by atoms with E-state index in [9.17, 15) is 14.4 Å². The molecule has 1 heterocycles. The van der Waals surface area contributed by atoms with E-state index in [2.05, 4.69) is 16.1 Å². The van der Waals surface area contributed by atoms with Gasteiger partial charge in [0.2, 0.25) is 0 Å². The van der Waals surface area contributed by atoms with Gasteiger partial charge in [-0.05, 0) is 54.4 Å². The lowest BCUT2D eigenvalue weighted by molar-refractivity contribution is -0.133. The third-order valence-electron chi connectivity index (χ3n) is 5.40. The number of fused-ring (bicyclic) bond motifs is 1. The van der Waals surface area contributed by atoms with E-state index in [1.54, 1.807) is 36.4 Å². The molecule has 4 aromatic rings. The zero-order valence-corrected chi connectivity index (χ0v) is 20.9. The summed E-state index contributed by atoms with van der Waals surface area (Å²) in [5, 5.41) is 6.57. The van der Waals surface area contributed by atoms with Crippen LogP contribution in [0.15, 0.2) is 66.7 Å². The Morgan fingerprint density at radius 2 is 1.56 bits per heavy atom. The maximum absolute atomic E-state index is 13.2. The first-order valence-corrected chi connectivity index (χ1v) is 11.7. The van der Waals surface area contributed by atoms with Crippen LogP contribution in [0.4, 0.5) is 11.4 Å². The Hall–Kier alpha value is -4.01. The minimum atomic E-state index is -0.974. The summed E-state index contributed by atoms with van der Waals surface area (Å²) < 4.78 is 6.65. The Bertz CT molecular complexity index is 1440. The van der Waals surface area contributed by atoms with Gasteiger partial charge in [-0.1, -0.05) is 54.4 Å². The van der Waals surface area contributed by atoms with E-state index in [0.717, 1.165) is 12.0 Å². The standard InChI is InChI=1S/C26H22Cl2N4O4/c1-3-15-7-9-19(10-8-15)29-25(34)26(35)31-32-21(11-16-5-4-6-22(36-2)23(16)32)24(33)30-20-13-17(27)12-18(28)14-20/h4-14H,3H2,1-2H3,(H,29,34)(H,30,33)(H,31,35). The number of aryl methyl sites for hydroxylation is 1. The lowest BCUT2D eigenvalue weighted by Gasteiger charge is -2.14. The Kier molecular flexibility index (Phi) is 7.47. The van der Waals surface area contributed by atoms with Crippen molar-refractivity contribution in [2.24, 2.45) is 0 Å². The van der Waals surface area contributed by atoms with Crippen molar-refractivity contribution >= 4 is 63.2 Å². The van der Waals surface area contributed by atoms with Crippen LogP contribution in [-0.4, -0.2) is 29.5 Å². The van der Waals surface area contributed by atoms with Gasteiger partial charge >= 0.3 is 11.8 Å². The summed E-state index contributed by atoms with van der Waals surface area (Å²) in [6, 6.07) is 18.5. The fourth-order valence-electron chi connectivity index (χ4n) is 3.66. The number of para-hydroxylation sites is 1. The number of carbonyl (C=O) groups excluding carboxylic acids is 3. The first kappa shape index (κ1) is 25.1. The highest BCUT2D eigenvalue weighted by molar-refractivity contribution is 6.42. The number of amides is 3. The van der Waals surface area contributed by atoms with Gasteiger partial charge in [0.05, 0.1) is 7.11 Å². The summed E-state index contributed by atoms with van der Waals surface area (Å²) in [6.45, 7) is 2.02. The van der Waals surface area contributed by atoms with E-state index >= 15 is 0 Å². The summed E-state index contributed by atoms with van der Waals surface area (Å²) in [5.41, 5.74) is 4.90. The topological polar surface area (TPSA) is 101 Å². The molecule has 0 aliphatic heterocycles. The molecule has 0 spiro atoms. The van der Waals surface area contributed by atoms with Crippen molar-refractivity contribution in [1.29, 1.82) is 0 Å².